The molecule has 0 saturated heterocycles. The molecule has 2 N–H and O–H groups in total. The predicted molar refractivity (Wildman–Crippen MR) is 86.1 cm³/mol. The minimum Gasteiger partial charge on any atom is -0.397 e. The fourth-order valence-corrected chi connectivity index (χ4v) is 2.69. The molecule has 0 radical (unpaired) electrons. The molecule has 0 aliphatic rings. The maximum absolute atomic E-state index is 6.10. The summed E-state index contributed by atoms with van der Waals surface area (Å²) in [4.78, 5) is 0. The van der Waals surface area contributed by atoms with Crippen molar-refractivity contribution < 1.29 is 0 Å². The van der Waals surface area contributed by atoms with E-state index in [1.165, 1.54) is 0 Å². The van der Waals surface area contributed by atoms with E-state index in [9.17, 15) is 0 Å². The van der Waals surface area contributed by atoms with Crippen molar-refractivity contribution in [3.8, 4) is 11.4 Å². The van der Waals surface area contributed by atoms with Crippen LogP contribution in [0.15, 0.2) is 18.2 Å². The molecule has 0 aliphatic heterocycles. The fourth-order valence-electron chi connectivity index (χ4n) is 2.51. The van der Waals surface area contributed by atoms with Crippen LogP contribution in [0, 0.1) is 0 Å². The molecule has 1 aromatic heterocycles. The SMILES string of the molecule is CCCCC(CCC)n1nnnc1-c1cccc(Cl)c1N. The molecule has 0 aliphatic carbocycles. The number of hydrogen-bond acceptors (Lipinski definition) is 4. The van der Waals surface area contributed by atoms with Gasteiger partial charge in [-0.15, -0.1) is 5.10 Å². The van der Waals surface area contributed by atoms with E-state index < -0.39 is 0 Å². The van der Waals surface area contributed by atoms with Crippen LogP contribution in [-0.2, 0) is 0 Å². The van der Waals surface area contributed by atoms with Crippen molar-refractivity contribution in [1.82, 2.24) is 20.2 Å². The first kappa shape index (κ1) is 15.8. The summed E-state index contributed by atoms with van der Waals surface area (Å²) in [5.41, 5.74) is 7.40. The van der Waals surface area contributed by atoms with Gasteiger partial charge in [0.1, 0.15) is 0 Å². The lowest BCUT2D eigenvalue weighted by Gasteiger charge is -2.18. The standard InChI is InChI=1S/C15H22ClN5/c1-3-5-8-11(7-4-2)21-15(18-19-20-21)12-9-6-10-13(16)14(12)17/h6,9-11H,3-5,7-8,17H2,1-2H3. The van der Waals surface area contributed by atoms with Crippen molar-refractivity contribution in [2.45, 2.75) is 52.0 Å². The predicted octanol–water partition coefficient (Wildman–Crippen LogP) is 4.11. The number of tetrazole rings is 1. The minimum atomic E-state index is 0.304. The maximum atomic E-state index is 6.10. The van der Waals surface area contributed by atoms with Gasteiger partial charge < -0.3 is 5.73 Å². The summed E-state index contributed by atoms with van der Waals surface area (Å²) in [6, 6.07) is 5.85. The van der Waals surface area contributed by atoms with E-state index in [1.54, 1.807) is 6.07 Å². The first-order chi connectivity index (χ1) is 10.2. The number of nitrogens with two attached hydrogens (primary N) is 1. The van der Waals surface area contributed by atoms with Gasteiger partial charge in [0.05, 0.1) is 16.8 Å². The first-order valence-electron chi connectivity index (χ1n) is 7.51. The fraction of sp³-hybridized carbons (Fsp3) is 0.533. The Morgan fingerprint density at radius 2 is 2.05 bits per heavy atom. The molecule has 21 heavy (non-hydrogen) atoms. The number of nitrogens with zero attached hydrogens (tertiary/aromatic N) is 4. The number of aromatic nitrogens is 4. The van der Waals surface area contributed by atoms with E-state index in [2.05, 4.69) is 29.4 Å². The zero-order valence-corrected chi connectivity index (χ0v) is 13.3. The first-order valence-corrected chi connectivity index (χ1v) is 7.89. The lowest BCUT2D eigenvalue weighted by atomic mass is 10.0. The van der Waals surface area contributed by atoms with E-state index in [-0.39, 0.29) is 0 Å². The Balaban J connectivity index is 2.38. The highest BCUT2D eigenvalue weighted by molar-refractivity contribution is 6.33. The topological polar surface area (TPSA) is 69.6 Å². The monoisotopic (exact) mass is 307 g/mol. The molecule has 0 saturated carbocycles. The normalized spacial score (nSPS) is 12.5. The summed E-state index contributed by atoms with van der Waals surface area (Å²) >= 11 is 6.10. The van der Waals surface area contributed by atoms with Gasteiger partial charge >= 0.3 is 0 Å². The van der Waals surface area contributed by atoms with Crippen molar-refractivity contribution in [1.29, 1.82) is 0 Å². The van der Waals surface area contributed by atoms with Gasteiger partial charge in [-0.1, -0.05) is 50.8 Å². The third-order valence-electron chi connectivity index (χ3n) is 3.65. The molecule has 2 rings (SSSR count). The highest BCUT2D eigenvalue weighted by Gasteiger charge is 2.19. The molecule has 0 fully saturated rings. The largest absolute Gasteiger partial charge is 0.397 e. The molecule has 1 aromatic carbocycles. The van der Waals surface area contributed by atoms with E-state index in [0.717, 1.165) is 37.7 Å². The van der Waals surface area contributed by atoms with Crippen molar-refractivity contribution in [3.63, 3.8) is 0 Å². The Bertz CT molecular complexity index is 581. The van der Waals surface area contributed by atoms with Crippen LogP contribution in [0.3, 0.4) is 0 Å². The number of hydrogen-bond donors (Lipinski definition) is 1. The van der Waals surface area contributed by atoms with Gasteiger partial charge in [0, 0.05) is 5.56 Å². The summed E-state index contributed by atoms with van der Waals surface area (Å²) < 4.78 is 1.90. The summed E-state index contributed by atoms with van der Waals surface area (Å²) in [6.07, 6.45) is 5.55. The maximum Gasteiger partial charge on any atom is 0.184 e. The van der Waals surface area contributed by atoms with Crippen LogP contribution in [0.4, 0.5) is 5.69 Å². The van der Waals surface area contributed by atoms with Crippen LogP contribution >= 0.6 is 11.6 Å². The van der Waals surface area contributed by atoms with Gasteiger partial charge in [-0.3, -0.25) is 0 Å². The molecule has 1 heterocycles. The van der Waals surface area contributed by atoms with Gasteiger partial charge in [-0.05, 0) is 35.4 Å². The van der Waals surface area contributed by atoms with Crippen LogP contribution in [0.1, 0.15) is 52.0 Å². The van der Waals surface area contributed by atoms with E-state index in [4.69, 9.17) is 17.3 Å². The Labute approximate surface area is 130 Å². The minimum absolute atomic E-state index is 0.304. The molecule has 5 nitrogen and oxygen atoms in total. The Morgan fingerprint density at radius 1 is 1.24 bits per heavy atom. The summed E-state index contributed by atoms with van der Waals surface area (Å²) in [5.74, 6) is 0.699. The second kappa shape index (κ2) is 7.41. The molecule has 0 bridgehead atoms. The highest BCUT2D eigenvalue weighted by atomic mass is 35.5. The van der Waals surface area contributed by atoms with Gasteiger partial charge in [0.15, 0.2) is 5.82 Å². The average Bonchev–Trinajstić information content (AvgIpc) is 2.95. The molecule has 2 aromatic rings. The molecule has 1 atom stereocenters. The zero-order chi connectivity index (χ0) is 15.2. The number of rotatable bonds is 7. The third-order valence-corrected chi connectivity index (χ3v) is 3.97. The Morgan fingerprint density at radius 3 is 2.76 bits per heavy atom. The lowest BCUT2D eigenvalue weighted by Crippen LogP contribution is -2.13. The van der Waals surface area contributed by atoms with Crippen LogP contribution in [-0.4, -0.2) is 20.2 Å². The zero-order valence-electron chi connectivity index (χ0n) is 12.6. The van der Waals surface area contributed by atoms with Crippen LogP contribution < -0.4 is 5.73 Å². The van der Waals surface area contributed by atoms with E-state index in [0.29, 0.717) is 22.6 Å². The molecule has 0 amide bonds. The second-order valence-electron chi connectivity index (χ2n) is 5.23. The molecule has 114 valence electrons. The van der Waals surface area contributed by atoms with Gasteiger partial charge in [0.25, 0.3) is 0 Å². The van der Waals surface area contributed by atoms with Crippen LogP contribution in [0.25, 0.3) is 11.4 Å². The number of halogens is 1. The Kier molecular flexibility index (Phi) is 5.56. The van der Waals surface area contributed by atoms with Crippen molar-refractivity contribution >= 4 is 17.3 Å². The summed E-state index contributed by atoms with van der Waals surface area (Å²) in [5, 5.41) is 12.7. The second-order valence-corrected chi connectivity index (χ2v) is 5.64. The number of para-hydroxylation sites is 1. The molecule has 0 spiro atoms. The molecule has 6 heteroatoms. The number of unbranched alkanes of at least 4 members (excludes halogenated alkanes) is 1. The number of benzene rings is 1. The third kappa shape index (κ3) is 3.53. The van der Waals surface area contributed by atoms with Gasteiger partial charge in [0.2, 0.25) is 0 Å². The average molecular weight is 308 g/mol. The molecular weight excluding hydrogens is 286 g/mol. The van der Waals surface area contributed by atoms with E-state index >= 15 is 0 Å². The summed E-state index contributed by atoms with van der Waals surface area (Å²) in [6.45, 7) is 4.37. The highest BCUT2D eigenvalue weighted by Crippen LogP contribution is 2.32. The van der Waals surface area contributed by atoms with Crippen LogP contribution in [0.5, 0.6) is 0 Å². The van der Waals surface area contributed by atoms with Gasteiger partial charge in [-0.2, -0.15) is 0 Å². The van der Waals surface area contributed by atoms with Crippen molar-refractivity contribution in [2.24, 2.45) is 0 Å². The molecular formula is C15H22ClN5. The number of anilines is 1. The summed E-state index contributed by atoms with van der Waals surface area (Å²) in [7, 11) is 0. The Hall–Kier alpha value is -1.62. The molecule has 1 unspecified atom stereocenters. The quantitative estimate of drug-likeness (QED) is 0.782. The van der Waals surface area contributed by atoms with Crippen LogP contribution in [0.2, 0.25) is 5.02 Å². The lowest BCUT2D eigenvalue weighted by molar-refractivity contribution is 0.380. The van der Waals surface area contributed by atoms with E-state index in [1.807, 2.05) is 16.8 Å². The van der Waals surface area contributed by atoms with Crippen molar-refractivity contribution in [2.75, 3.05) is 5.73 Å². The van der Waals surface area contributed by atoms with Crippen molar-refractivity contribution in [3.05, 3.63) is 23.2 Å². The number of nitrogen functional groups attached to an aromatic ring is 1. The smallest absolute Gasteiger partial charge is 0.184 e. The van der Waals surface area contributed by atoms with Gasteiger partial charge in [-0.25, -0.2) is 4.68 Å².